The van der Waals surface area contributed by atoms with Crippen LogP contribution < -0.4 is 4.74 Å². The standard InChI is InChI=1S/C22H11ClF6N2O2S/c23-12-7-5-11(6-8-12)19-30-31(20(32)18-15(25)9-13(24)10-16(18)26)21(34-19)14-3-1-2-4-17(14)33-22(27,28)29/h1-10,21H. The minimum atomic E-state index is -5.04. The fourth-order valence-electron chi connectivity index (χ4n) is 3.16. The van der Waals surface area contributed by atoms with Gasteiger partial charge in [0, 0.05) is 28.3 Å². The van der Waals surface area contributed by atoms with E-state index in [9.17, 15) is 31.1 Å². The Hall–Kier alpha value is -3.18. The van der Waals surface area contributed by atoms with Crippen molar-refractivity contribution in [2.24, 2.45) is 5.10 Å². The molecule has 1 atom stereocenters. The van der Waals surface area contributed by atoms with Crippen molar-refractivity contribution >= 4 is 34.3 Å². The summed E-state index contributed by atoms with van der Waals surface area (Å²) in [6, 6.07) is 11.8. The number of hydrazone groups is 1. The number of rotatable bonds is 4. The summed E-state index contributed by atoms with van der Waals surface area (Å²) in [6.45, 7) is 0. The van der Waals surface area contributed by atoms with Crippen LogP contribution in [-0.4, -0.2) is 22.3 Å². The number of ether oxygens (including phenoxy) is 1. The zero-order valence-electron chi connectivity index (χ0n) is 16.6. The molecular formula is C22H11ClF6N2O2S. The van der Waals surface area contributed by atoms with Gasteiger partial charge in [-0.3, -0.25) is 4.79 Å². The van der Waals surface area contributed by atoms with Crippen LogP contribution in [0, 0.1) is 17.5 Å². The number of halogens is 7. The Balaban J connectivity index is 1.82. The summed E-state index contributed by atoms with van der Waals surface area (Å²) in [4.78, 5) is 13.1. The predicted molar refractivity (Wildman–Crippen MR) is 114 cm³/mol. The Kier molecular flexibility index (Phi) is 6.50. The zero-order chi connectivity index (χ0) is 24.6. The van der Waals surface area contributed by atoms with Crippen molar-refractivity contribution in [3.8, 4) is 5.75 Å². The average molecular weight is 517 g/mol. The molecule has 0 aromatic heterocycles. The van der Waals surface area contributed by atoms with Gasteiger partial charge in [-0.15, -0.1) is 13.2 Å². The molecule has 1 heterocycles. The zero-order valence-corrected chi connectivity index (χ0v) is 18.2. The second kappa shape index (κ2) is 9.22. The highest BCUT2D eigenvalue weighted by atomic mass is 35.5. The molecule has 0 saturated carbocycles. The Morgan fingerprint density at radius 3 is 2.24 bits per heavy atom. The van der Waals surface area contributed by atoms with Crippen LogP contribution in [0.1, 0.15) is 26.9 Å². The summed E-state index contributed by atoms with van der Waals surface area (Å²) in [6.07, 6.45) is -5.04. The number of hydrogen-bond acceptors (Lipinski definition) is 4. The lowest BCUT2D eigenvalue weighted by molar-refractivity contribution is -0.275. The number of carbonyl (C=O) groups is 1. The van der Waals surface area contributed by atoms with Crippen LogP contribution in [0.4, 0.5) is 26.3 Å². The molecular weight excluding hydrogens is 506 g/mol. The number of alkyl halides is 3. The van der Waals surface area contributed by atoms with Crippen LogP contribution in [-0.2, 0) is 0 Å². The molecule has 0 bridgehead atoms. The average Bonchev–Trinajstić information content (AvgIpc) is 3.18. The van der Waals surface area contributed by atoms with Crippen molar-refractivity contribution in [2.75, 3.05) is 0 Å². The molecule has 4 nitrogen and oxygen atoms in total. The Bertz CT molecular complexity index is 1260. The molecule has 4 rings (SSSR count). The maximum Gasteiger partial charge on any atom is 0.573 e. The fraction of sp³-hybridized carbons (Fsp3) is 0.0909. The minimum absolute atomic E-state index is 0.131. The van der Waals surface area contributed by atoms with Gasteiger partial charge >= 0.3 is 6.36 Å². The maximum atomic E-state index is 14.3. The van der Waals surface area contributed by atoms with Gasteiger partial charge in [0.15, 0.2) is 0 Å². The number of amides is 1. The third-order valence-electron chi connectivity index (χ3n) is 4.57. The van der Waals surface area contributed by atoms with Crippen LogP contribution >= 0.6 is 23.4 Å². The monoisotopic (exact) mass is 516 g/mol. The maximum absolute atomic E-state index is 14.3. The summed E-state index contributed by atoms with van der Waals surface area (Å²) in [5.41, 5.74) is -0.792. The van der Waals surface area contributed by atoms with Crippen molar-refractivity contribution in [3.05, 3.63) is 99.8 Å². The first-order valence-corrected chi connectivity index (χ1v) is 10.6. The molecule has 0 spiro atoms. The van der Waals surface area contributed by atoms with E-state index in [0.29, 0.717) is 27.7 Å². The third-order valence-corrected chi connectivity index (χ3v) is 6.04. The van der Waals surface area contributed by atoms with Crippen LogP contribution in [0.3, 0.4) is 0 Å². The molecule has 3 aromatic carbocycles. The van der Waals surface area contributed by atoms with Crippen LogP contribution in [0.5, 0.6) is 5.75 Å². The van der Waals surface area contributed by atoms with Crippen LogP contribution in [0.25, 0.3) is 0 Å². The second-order valence-corrected chi connectivity index (χ2v) is 8.37. The van der Waals surface area contributed by atoms with Gasteiger partial charge in [0.05, 0.1) is 0 Å². The number of nitrogens with zero attached hydrogens (tertiary/aromatic N) is 2. The first-order chi connectivity index (χ1) is 16.0. The Labute approximate surface area is 197 Å². The molecule has 1 aliphatic rings. The molecule has 176 valence electrons. The summed E-state index contributed by atoms with van der Waals surface area (Å²) < 4.78 is 85.0. The SMILES string of the molecule is O=C(c1c(F)cc(F)cc1F)N1N=C(c2ccc(Cl)cc2)SC1c1ccccc1OC(F)(F)F. The highest BCUT2D eigenvalue weighted by Crippen LogP contribution is 2.46. The summed E-state index contributed by atoms with van der Waals surface area (Å²) in [7, 11) is 0. The van der Waals surface area contributed by atoms with Gasteiger partial charge in [0.1, 0.15) is 39.2 Å². The van der Waals surface area contributed by atoms with Crippen molar-refractivity contribution in [1.82, 2.24) is 5.01 Å². The fourth-order valence-corrected chi connectivity index (χ4v) is 4.47. The normalized spacial score (nSPS) is 15.9. The van der Waals surface area contributed by atoms with E-state index < -0.39 is 46.4 Å². The highest BCUT2D eigenvalue weighted by Gasteiger charge is 2.40. The van der Waals surface area contributed by atoms with Crippen molar-refractivity contribution in [2.45, 2.75) is 11.7 Å². The highest BCUT2D eigenvalue weighted by molar-refractivity contribution is 8.14. The smallest absolute Gasteiger partial charge is 0.405 e. The van der Waals surface area contributed by atoms with Crippen molar-refractivity contribution in [1.29, 1.82) is 0 Å². The van der Waals surface area contributed by atoms with Gasteiger partial charge in [-0.1, -0.05) is 53.7 Å². The predicted octanol–water partition coefficient (Wildman–Crippen LogP) is 6.91. The van der Waals surface area contributed by atoms with E-state index in [1.807, 2.05) is 0 Å². The van der Waals surface area contributed by atoms with Crippen molar-refractivity contribution < 1.29 is 35.9 Å². The second-order valence-electron chi connectivity index (χ2n) is 6.86. The van der Waals surface area contributed by atoms with Gasteiger partial charge in [-0.2, -0.15) is 5.10 Å². The first kappa shape index (κ1) is 24.0. The molecule has 3 aromatic rings. The molecule has 0 saturated heterocycles. The lowest BCUT2D eigenvalue weighted by Crippen LogP contribution is -2.29. The molecule has 0 N–H and O–H groups in total. The molecule has 1 amide bonds. The van der Waals surface area contributed by atoms with Crippen LogP contribution in [0.15, 0.2) is 65.8 Å². The van der Waals surface area contributed by atoms with E-state index in [4.69, 9.17) is 11.6 Å². The van der Waals surface area contributed by atoms with Gasteiger partial charge in [-0.05, 0) is 18.2 Å². The number of benzene rings is 3. The lowest BCUT2D eigenvalue weighted by Gasteiger charge is -2.23. The quantitative estimate of drug-likeness (QED) is 0.354. The topological polar surface area (TPSA) is 41.9 Å². The molecule has 34 heavy (non-hydrogen) atoms. The number of para-hydroxylation sites is 1. The minimum Gasteiger partial charge on any atom is -0.405 e. The third kappa shape index (κ3) is 5.00. The molecule has 0 radical (unpaired) electrons. The Morgan fingerprint density at radius 2 is 1.62 bits per heavy atom. The largest absolute Gasteiger partial charge is 0.573 e. The summed E-state index contributed by atoms with van der Waals surface area (Å²) in [5, 5.41) is 4.03. The molecule has 0 fully saturated rings. The Morgan fingerprint density at radius 1 is 1.00 bits per heavy atom. The van der Waals surface area contributed by atoms with Crippen molar-refractivity contribution in [3.63, 3.8) is 0 Å². The van der Waals surface area contributed by atoms with E-state index in [2.05, 4.69) is 9.84 Å². The van der Waals surface area contributed by atoms with Gasteiger partial charge in [0.2, 0.25) is 0 Å². The van der Waals surface area contributed by atoms with E-state index in [0.717, 1.165) is 17.8 Å². The molecule has 0 aliphatic carbocycles. The molecule has 1 aliphatic heterocycles. The number of hydrogen-bond donors (Lipinski definition) is 0. The van der Waals surface area contributed by atoms with E-state index in [1.54, 1.807) is 12.1 Å². The molecule has 1 unspecified atom stereocenters. The van der Waals surface area contributed by atoms with E-state index in [-0.39, 0.29) is 10.6 Å². The number of thioether (sulfide) groups is 1. The lowest BCUT2D eigenvalue weighted by atomic mass is 10.1. The van der Waals surface area contributed by atoms with E-state index >= 15 is 0 Å². The number of carbonyl (C=O) groups excluding carboxylic acids is 1. The first-order valence-electron chi connectivity index (χ1n) is 9.37. The van der Waals surface area contributed by atoms with E-state index in [1.165, 1.54) is 30.3 Å². The summed E-state index contributed by atoms with van der Waals surface area (Å²) >= 11 is 6.74. The van der Waals surface area contributed by atoms with Gasteiger partial charge in [-0.25, -0.2) is 18.2 Å². The summed E-state index contributed by atoms with van der Waals surface area (Å²) in [5.74, 6) is -6.16. The van der Waals surface area contributed by atoms with Gasteiger partial charge in [0.25, 0.3) is 5.91 Å². The van der Waals surface area contributed by atoms with Gasteiger partial charge < -0.3 is 4.74 Å². The molecule has 12 heteroatoms. The van der Waals surface area contributed by atoms with Crippen LogP contribution in [0.2, 0.25) is 5.02 Å².